The van der Waals surface area contributed by atoms with Crippen LogP contribution in [0.1, 0.15) is 32.6 Å². The van der Waals surface area contributed by atoms with E-state index in [2.05, 4.69) is 9.80 Å². The number of aliphatic hydroxyl groups is 1. The molecule has 9 rings (SSSR count). The van der Waals surface area contributed by atoms with E-state index < -0.39 is 11.6 Å². The van der Waals surface area contributed by atoms with Crippen LogP contribution in [0, 0.1) is 0 Å². The largest absolute Gasteiger partial charge is 0.495 e. The van der Waals surface area contributed by atoms with E-state index in [1.165, 1.54) is 0 Å². The van der Waals surface area contributed by atoms with Crippen molar-refractivity contribution in [3.8, 4) is 17.2 Å². The van der Waals surface area contributed by atoms with E-state index in [4.69, 9.17) is 14.2 Å². The molecule has 7 heteroatoms. The van der Waals surface area contributed by atoms with E-state index in [-0.39, 0.29) is 6.61 Å². The molecule has 7 nitrogen and oxygen atoms in total. The first-order chi connectivity index (χ1) is 26.1. The highest BCUT2D eigenvalue weighted by Gasteiger charge is 2.53. The number of para-hydroxylation sites is 5. The molecule has 1 unspecified atom stereocenters. The topological polar surface area (TPSA) is 71.5 Å². The molecule has 2 aliphatic rings. The molecule has 0 radical (unpaired) electrons. The van der Waals surface area contributed by atoms with Gasteiger partial charge in [0.05, 0.1) is 30.7 Å². The van der Waals surface area contributed by atoms with Gasteiger partial charge in [-0.1, -0.05) is 84.9 Å². The zero-order valence-corrected chi connectivity index (χ0v) is 28.8. The number of hydrogen-bond donors (Lipinski definition) is 1. The van der Waals surface area contributed by atoms with E-state index in [0.717, 1.165) is 50.8 Å². The van der Waals surface area contributed by atoms with Gasteiger partial charge >= 0.3 is 5.97 Å². The Bertz CT molecular complexity index is 2340. The normalized spacial score (nSPS) is 15.1. The Morgan fingerprint density at radius 2 is 1.09 bits per heavy atom. The lowest BCUT2D eigenvalue weighted by molar-refractivity contribution is 0.0224. The van der Waals surface area contributed by atoms with Gasteiger partial charge in [-0.05, 0) is 72.8 Å². The molecule has 0 amide bonds. The fourth-order valence-electron chi connectivity index (χ4n) is 7.62. The van der Waals surface area contributed by atoms with Crippen molar-refractivity contribution in [2.45, 2.75) is 12.2 Å². The Morgan fingerprint density at radius 1 is 0.566 bits per heavy atom. The van der Waals surface area contributed by atoms with Crippen molar-refractivity contribution in [1.82, 2.24) is 0 Å². The first-order valence-electron chi connectivity index (χ1n) is 17.4. The zero-order valence-electron chi connectivity index (χ0n) is 28.8. The number of rotatable bonds is 8. The summed E-state index contributed by atoms with van der Waals surface area (Å²) in [5.41, 5.74) is 7.40. The molecule has 0 fully saturated rings. The third kappa shape index (κ3) is 5.21. The zero-order chi connectivity index (χ0) is 35.9. The van der Waals surface area contributed by atoms with E-state index >= 15 is 0 Å². The first kappa shape index (κ1) is 32.1. The van der Waals surface area contributed by atoms with Crippen LogP contribution in [0.3, 0.4) is 0 Å². The number of esters is 1. The summed E-state index contributed by atoms with van der Waals surface area (Å²) in [6.07, 6.45) is 0. The number of fused-ring (bicyclic) bond motifs is 6. The molecule has 2 heterocycles. The average Bonchev–Trinajstić information content (AvgIpc) is 3.51. The minimum absolute atomic E-state index is 0.128. The van der Waals surface area contributed by atoms with Crippen LogP contribution >= 0.6 is 0 Å². The summed E-state index contributed by atoms with van der Waals surface area (Å²) < 4.78 is 19.3. The predicted octanol–water partition coefficient (Wildman–Crippen LogP) is 10.7. The number of nitrogens with zero attached hydrogens (tertiary/aromatic N) is 2. The highest BCUT2D eigenvalue weighted by molar-refractivity contribution is 5.97. The molecule has 0 aliphatic carbocycles. The van der Waals surface area contributed by atoms with Gasteiger partial charge in [0.1, 0.15) is 17.2 Å². The minimum Gasteiger partial charge on any atom is -0.495 e. The molecule has 0 bridgehead atoms. The third-order valence-corrected chi connectivity index (χ3v) is 9.96. The molecule has 1 N–H and O–H groups in total. The summed E-state index contributed by atoms with van der Waals surface area (Å²) in [5.74, 6) is 1.41. The second-order valence-corrected chi connectivity index (χ2v) is 12.9. The van der Waals surface area contributed by atoms with Crippen molar-refractivity contribution in [3.05, 3.63) is 198 Å². The number of hydrogen-bond acceptors (Lipinski definition) is 7. The smallest absolute Gasteiger partial charge is 0.340 e. The molecule has 7 aromatic carbocycles. The number of anilines is 6. The van der Waals surface area contributed by atoms with Crippen LogP contribution in [0.2, 0.25) is 0 Å². The Balaban J connectivity index is 1.26. The quantitative estimate of drug-likeness (QED) is 0.159. The Hall–Kier alpha value is -6.83. The molecular formula is C46H34N2O5. The summed E-state index contributed by atoms with van der Waals surface area (Å²) in [5, 5.41) is 10.4. The fourth-order valence-corrected chi connectivity index (χ4v) is 7.62. The van der Waals surface area contributed by atoms with Gasteiger partial charge in [-0.15, -0.1) is 0 Å². The standard InChI is InChI=1S/C46H34N2O5/c1-51-42-23-13-12-22-41(42)48(33-17-6-3-7-18-33)35-25-27-39-44(29-35)52-43-28-34(24-26-38(43)46(39)37-20-10-9-19-36(37)45(50)53-46)47(32-15-4-2-5-16-32)40-21-11-8-14-31(40)30-49/h2-29,49H,30H2,1H3. The van der Waals surface area contributed by atoms with Crippen molar-refractivity contribution in [2.24, 2.45) is 0 Å². The molecule has 2 aliphatic heterocycles. The van der Waals surface area contributed by atoms with Crippen LogP contribution in [0.5, 0.6) is 17.2 Å². The van der Waals surface area contributed by atoms with Crippen LogP contribution in [0.15, 0.2) is 170 Å². The lowest BCUT2D eigenvalue weighted by atomic mass is 9.77. The highest BCUT2D eigenvalue weighted by atomic mass is 16.6. The molecule has 0 aromatic heterocycles. The molecule has 7 aromatic rings. The van der Waals surface area contributed by atoms with E-state index in [0.29, 0.717) is 28.4 Å². The molecule has 1 atom stereocenters. The maximum absolute atomic E-state index is 13.7. The molecule has 0 saturated carbocycles. The van der Waals surface area contributed by atoms with Crippen molar-refractivity contribution in [3.63, 3.8) is 0 Å². The Morgan fingerprint density at radius 3 is 1.72 bits per heavy atom. The van der Waals surface area contributed by atoms with Gasteiger partial charge in [0, 0.05) is 57.1 Å². The van der Waals surface area contributed by atoms with Gasteiger partial charge in [0.25, 0.3) is 0 Å². The van der Waals surface area contributed by atoms with Crippen molar-refractivity contribution in [2.75, 3.05) is 16.9 Å². The van der Waals surface area contributed by atoms with Crippen molar-refractivity contribution >= 4 is 40.1 Å². The lowest BCUT2D eigenvalue weighted by Crippen LogP contribution is -2.33. The van der Waals surface area contributed by atoms with Crippen molar-refractivity contribution in [1.29, 1.82) is 0 Å². The van der Waals surface area contributed by atoms with Gasteiger partial charge < -0.3 is 29.1 Å². The molecule has 0 saturated heterocycles. The van der Waals surface area contributed by atoms with Crippen LogP contribution in [-0.2, 0) is 16.9 Å². The fraction of sp³-hybridized carbons (Fsp3) is 0.0652. The number of ether oxygens (including phenoxy) is 3. The van der Waals surface area contributed by atoms with Gasteiger partial charge in [0.15, 0.2) is 5.60 Å². The highest BCUT2D eigenvalue weighted by Crippen LogP contribution is 2.58. The molecule has 53 heavy (non-hydrogen) atoms. The number of carbonyl (C=O) groups excluding carboxylic acids is 1. The molecule has 258 valence electrons. The van der Waals surface area contributed by atoms with Gasteiger partial charge in [0.2, 0.25) is 0 Å². The second-order valence-electron chi connectivity index (χ2n) is 12.9. The van der Waals surface area contributed by atoms with Crippen LogP contribution in [0.4, 0.5) is 34.1 Å². The maximum Gasteiger partial charge on any atom is 0.340 e. The molecule has 1 spiro atoms. The average molecular weight is 695 g/mol. The Kier molecular flexibility index (Phi) is 7.91. The van der Waals surface area contributed by atoms with E-state index in [9.17, 15) is 9.90 Å². The summed E-state index contributed by atoms with van der Waals surface area (Å²) in [6, 6.07) is 55.3. The maximum atomic E-state index is 13.7. The number of aliphatic hydroxyl groups excluding tert-OH is 1. The van der Waals surface area contributed by atoms with Gasteiger partial charge in [-0.25, -0.2) is 4.79 Å². The molecular weight excluding hydrogens is 661 g/mol. The second kappa shape index (κ2) is 13.1. The minimum atomic E-state index is -1.25. The van der Waals surface area contributed by atoms with Crippen molar-refractivity contribution < 1.29 is 24.1 Å². The van der Waals surface area contributed by atoms with Gasteiger partial charge in [-0.3, -0.25) is 0 Å². The van der Waals surface area contributed by atoms with Crippen LogP contribution in [0.25, 0.3) is 0 Å². The number of methoxy groups -OCH3 is 1. The SMILES string of the molecule is COc1ccccc1N(c1ccccc1)c1ccc2c(c1)Oc1cc(N(c3ccccc3)c3ccccc3CO)ccc1C21OC(=O)c2ccccc21. The van der Waals surface area contributed by atoms with Gasteiger partial charge in [-0.2, -0.15) is 0 Å². The van der Waals surface area contributed by atoms with Crippen LogP contribution < -0.4 is 19.3 Å². The number of benzene rings is 7. The van der Waals surface area contributed by atoms with E-state index in [1.807, 2.05) is 170 Å². The first-order valence-corrected chi connectivity index (χ1v) is 17.4. The predicted molar refractivity (Wildman–Crippen MR) is 207 cm³/mol. The van der Waals surface area contributed by atoms with Crippen LogP contribution in [-0.4, -0.2) is 18.2 Å². The summed E-state index contributed by atoms with van der Waals surface area (Å²) in [4.78, 5) is 17.9. The third-order valence-electron chi connectivity index (χ3n) is 9.96. The summed E-state index contributed by atoms with van der Waals surface area (Å²) in [7, 11) is 1.67. The monoisotopic (exact) mass is 694 g/mol. The Labute approximate surface area is 307 Å². The summed E-state index contributed by atoms with van der Waals surface area (Å²) >= 11 is 0. The summed E-state index contributed by atoms with van der Waals surface area (Å²) in [6.45, 7) is -0.128. The number of carbonyl (C=O) groups is 1. The van der Waals surface area contributed by atoms with E-state index in [1.54, 1.807) is 7.11 Å². The lowest BCUT2D eigenvalue weighted by Gasteiger charge is -2.38.